The quantitative estimate of drug-likeness (QED) is 0.854. The second-order valence-corrected chi connectivity index (χ2v) is 6.89. The van der Waals surface area contributed by atoms with Crippen LogP contribution in [0.1, 0.15) is 27.7 Å². The van der Waals surface area contributed by atoms with Gasteiger partial charge < -0.3 is 19.9 Å². The van der Waals surface area contributed by atoms with E-state index in [-0.39, 0.29) is 23.8 Å². The third kappa shape index (κ3) is 4.65. The molecule has 2 rings (SSSR count). The molecule has 1 N–H and O–H groups in total. The lowest BCUT2D eigenvalue weighted by atomic mass is 10.0. The van der Waals surface area contributed by atoms with Crippen LogP contribution in [0.5, 0.6) is 5.75 Å². The molecular formula is C19H29N3O3. The van der Waals surface area contributed by atoms with E-state index in [0.717, 1.165) is 24.5 Å². The van der Waals surface area contributed by atoms with Crippen molar-refractivity contribution in [1.82, 2.24) is 10.2 Å². The molecule has 2 atom stereocenters. The van der Waals surface area contributed by atoms with Gasteiger partial charge in [0.2, 0.25) is 11.8 Å². The average Bonchev–Trinajstić information content (AvgIpc) is 2.57. The van der Waals surface area contributed by atoms with E-state index in [1.165, 1.54) is 6.92 Å². The standard InChI is InChI=1S/C19H29N3O3/c1-6-22-12-15(25-17-10-8-7-9-16(17)22)11-21(5)19(24)18(13(2)3)20-14(4)23/h7-10,13,15,18H,6,11-12H2,1-5H3,(H,20,23)/t15-,18+/m0/s1. The molecule has 6 heteroatoms. The Morgan fingerprint density at radius 2 is 2.04 bits per heavy atom. The molecule has 138 valence electrons. The molecule has 0 unspecified atom stereocenters. The summed E-state index contributed by atoms with van der Waals surface area (Å²) in [7, 11) is 1.76. The van der Waals surface area contributed by atoms with Crippen molar-refractivity contribution in [3.63, 3.8) is 0 Å². The summed E-state index contributed by atoms with van der Waals surface area (Å²) in [4.78, 5) is 28.0. The van der Waals surface area contributed by atoms with Crippen molar-refractivity contribution in [2.24, 2.45) is 5.92 Å². The van der Waals surface area contributed by atoms with Crippen LogP contribution in [0, 0.1) is 5.92 Å². The third-order valence-corrected chi connectivity index (χ3v) is 4.45. The van der Waals surface area contributed by atoms with Gasteiger partial charge in [-0.15, -0.1) is 0 Å². The summed E-state index contributed by atoms with van der Waals surface area (Å²) in [6.07, 6.45) is -0.103. The predicted molar refractivity (Wildman–Crippen MR) is 98.8 cm³/mol. The highest BCUT2D eigenvalue weighted by molar-refractivity contribution is 5.87. The van der Waals surface area contributed by atoms with Crippen molar-refractivity contribution < 1.29 is 14.3 Å². The maximum Gasteiger partial charge on any atom is 0.245 e. The minimum atomic E-state index is -0.513. The number of ether oxygens (including phenoxy) is 1. The Hall–Kier alpha value is -2.24. The number of hydrogen-bond donors (Lipinski definition) is 1. The fourth-order valence-electron chi connectivity index (χ4n) is 3.14. The van der Waals surface area contributed by atoms with E-state index >= 15 is 0 Å². The topological polar surface area (TPSA) is 61.9 Å². The van der Waals surface area contributed by atoms with Crippen LogP contribution in [0.25, 0.3) is 0 Å². The molecular weight excluding hydrogens is 318 g/mol. The van der Waals surface area contributed by atoms with Gasteiger partial charge in [0, 0.05) is 20.5 Å². The number of carbonyl (C=O) groups excluding carboxylic acids is 2. The van der Waals surface area contributed by atoms with E-state index in [0.29, 0.717) is 6.54 Å². The van der Waals surface area contributed by atoms with Crippen molar-refractivity contribution in [2.45, 2.75) is 39.8 Å². The van der Waals surface area contributed by atoms with Gasteiger partial charge in [0.15, 0.2) is 0 Å². The summed E-state index contributed by atoms with van der Waals surface area (Å²) in [5.41, 5.74) is 1.09. The molecule has 0 saturated carbocycles. The second kappa shape index (κ2) is 8.23. The van der Waals surface area contributed by atoms with Crippen molar-refractivity contribution in [3.05, 3.63) is 24.3 Å². The maximum absolute atomic E-state index is 12.7. The number of amides is 2. The number of hydrogen-bond acceptors (Lipinski definition) is 4. The first-order valence-corrected chi connectivity index (χ1v) is 8.86. The molecule has 1 aliphatic rings. The molecule has 25 heavy (non-hydrogen) atoms. The Morgan fingerprint density at radius 1 is 1.36 bits per heavy atom. The number of carbonyl (C=O) groups is 2. The van der Waals surface area contributed by atoms with Gasteiger partial charge in [0.05, 0.1) is 18.8 Å². The second-order valence-electron chi connectivity index (χ2n) is 6.89. The zero-order chi connectivity index (χ0) is 18.6. The zero-order valence-electron chi connectivity index (χ0n) is 15.8. The first-order valence-electron chi connectivity index (χ1n) is 8.86. The Morgan fingerprint density at radius 3 is 2.64 bits per heavy atom. The molecule has 1 aliphatic heterocycles. The van der Waals surface area contributed by atoms with E-state index in [4.69, 9.17) is 4.74 Å². The van der Waals surface area contributed by atoms with E-state index in [1.54, 1.807) is 11.9 Å². The van der Waals surface area contributed by atoms with Crippen molar-refractivity contribution in [2.75, 3.05) is 31.6 Å². The molecule has 0 spiro atoms. The van der Waals surface area contributed by atoms with Crippen LogP contribution in [0.4, 0.5) is 5.69 Å². The Balaban J connectivity index is 2.06. The highest BCUT2D eigenvalue weighted by Crippen LogP contribution is 2.32. The van der Waals surface area contributed by atoms with Gasteiger partial charge in [0.25, 0.3) is 0 Å². The Bertz CT molecular complexity index is 618. The van der Waals surface area contributed by atoms with Gasteiger partial charge >= 0.3 is 0 Å². The SMILES string of the molecule is CCN1C[C@H](CN(C)C(=O)[C@H](NC(C)=O)C(C)C)Oc2ccccc21. The summed E-state index contributed by atoms with van der Waals surface area (Å²) in [5, 5.41) is 2.75. The van der Waals surface area contributed by atoms with Crippen LogP contribution in [0.15, 0.2) is 24.3 Å². The number of rotatable bonds is 6. The minimum absolute atomic E-state index is 0.0268. The molecule has 0 aromatic heterocycles. The van der Waals surface area contributed by atoms with E-state index in [1.807, 2.05) is 32.0 Å². The summed E-state index contributed by atoms with van der Waals surface area (Å²) < 4.78 is 6.08. The van der Waals surface area contributed by atoms with Crippen molar-refractivity contribution >= 4 is 17.5 Å². The number of para-hydroxylation sites is 2. The molecule has 2 amide bonds. The number of nitrogens with zero attached hydrogens (tertiary/aromatic N) is 2. The minimum Gasteiger partial charge on any atom is -0.485 e. The molecule has 1 aromatic rings. The van der Waals surface area contributed by atoms with E-state index < -0.39 is 6.04 Å². The van der Waals surface area contributed by atoms with Gasteiger partial charge in [-0.1, -0.05) is 26.0 Å². The molecule has 0 bridgehead atoms. The third-order valence-electron chi connectivity index (χ3n) is 4.45. The largest absolute Gasteiger partial charge is 0.485 e. The number of benzene rings is 1. The summed E-state index contributed by atoms with van der Waals surface area (Å²) >= 11 is 0. The lowest BCUT2D eigenvalue weighted by Gasteiger charge is -2.37. The van der Waals surface area contributed by atoms with Crippen LogP contribution in [-0.4, -0.2) is 55.5 Å². The predicted octanol–water partition coefficient (Wildman–Crippen LogP) is 1.89. The van der Waals surface area contributed by atoms with Gasteiger partial charge in [0.1, 0.15) is 17.9 Å². The summed E-state index contributed by atoms with van der Waals surface area (Å²) in [5.74, 6) is 0.596. The molecule has 0 fully saturated rings. The smallest absolute Gasteiger partial charge is 0.245 e. The maximum atomic E-state index is 12.7. The first-order chi connectivity index (χ1) is 11.8. The zero-order valence-corrected chi connectivity index (χ0v) is 15.8. The summed E-state index contributed by atoms with van der Waals surface area (Å²) in [6.45, 7) is 9.50. The van der Waals surface area contributed by atoms with Crippen molar-refractivity contribution in [1.29, 1.82) is 0 Å². The van der Waals surface area contributed by atoms with E-state index in [2.05, 4.69) is 23.2 Å². The monoisotopic (exact) mass is 347 g/mol. The van der Waals surface area contributed by atoms with Crippen LogP contribution in [0.3, 0.4) is 0 Å². The lowest BCUT2D eigenvalue weighted by molar-refractivity contribution is -0.137. The van der Waals surface area contributed by atoms with Gasteiger partial charge in [-0.05, 0) is 25.0 Å². The fraction of sp³-hybridized carbons (Fsp3) is 0.579. The normalized spacial score (nSPS) is 17.5. The Kier molecular flexibility index (Phi) is 6.28. The molecule has 0 saturated heterocycles. The number of likely N-dealkylation sites (N-methyl/N-ethyl adjacent to an activating group) is 2. The molecule has 0 radical (unpaired) electrons. The van der Waals surface area contributed by atoms with Crippen LogP contribution < -0.4 is 15.0 Å². The Labute approximate surface area is 150 Å². The lowest BCUT2D eigenvalue weighted by Crippen LogP contribution is -2.53. The fourth-order valence-corrected chi connectivity index (χ4v) is 3.14. The molecule has 1 aromatic carbocycles. The average molecular weight is 347 g/mol. The number of fused-ring (bicyclic) bond motifs is 1. The van der Waals surface area contributed by atoms with Crippen molar-refractivity contribution in [3.8, 4) is 5.75 Å². The highest BCUT2D eigenvalue weighted by atomic mass is 16.5. The summed E-state index contributed by atoms with van der Waals surface area (Å²) in [6, 6.07) is 7.45. The van der Waals surface area contributed by atoms with Gasteiger partial charge in [-0.25, -0.2) is 0 Å². The molecule has 6 nitrogen and oxygen atoms in total. The van der Waals surface area contributed by atoms with E-state index in [9.17, 15) is 9.59 Å². The number of anilines is 1. The van der Waals surface area contributed by atoms with Gasteiger partial charge in [-0.2, -0.15) is 0 Å². The van der Waals surface area contributed by atoms with Crippen LogP contribution in [0.2, 0.25) is 0 Å². The van der Waals surface area contributed by atoms with Crippen LogP contribution in [-0.2, 0) is 9.59 Å². The molecule has 1 heterocycles. The number of nitrogens with one attached hydrogen (secondary N) is 1. The first kappa shape index (κ1) is 19.1. The van der Waals surface area contributed by atoms with Gasteiger partial charge in [-0.3, -0.25) is 9.59 Å². The molecule has 0 aliphatic carbocycles. The van der Waals surface area contributed by atoms with Crippen LogP contribution >= 0.6 is 0 Å². The highest BCUT2D eigenvalue weighted by Gasteiger charge is 2.30.